The van der Waals surface area contributed by atoms with Crippen LogP contribution >= 0.6 is 17.9 Å². The molecule has 188 valence electrons. The molecule has 4 rings (SSSR count). The Kier molecular flexibility index (Phi) is 9.53. The summed E-state index contributed by atoms with van der Waals surface area (Å²) < 4.78 is 24.1. The minimum Gasteiger partial charge on any atom is -0.418 e. The number of hydrogen-bond acceptors (Lipinski definition) is 4. The van der Waals surface area contributed by atoms with Crippen molar-refractivity contribution >= 4 is 68.7 Å². The van der Waals surface area contributed by atoms with Crippen molar-refractivity contribution in [2.24, 2.45) is 0 Å². The Morgan fingerprint density at radius 1 is 0.543 bits per heavy atom. The first kappa shape index (κ1) is 28.7. The van der Waals surface area contributed by atoms with Crippen molar-refractivity contribution in [1.29, 1.82) is 0 Å². The van der Waals surface area contributed by atoms with Crippen LogP contribution in [0, 0.1) is 0 Å². The summed E-state index contributed by atoms with van der Waals surface area (Å²) in [5.41, 5.74) is 0. The highest BCUT2D eigenvalue weighted by Gasteiger charge is 2.46. The van der Waals surface area contributed by atoms with Gasteiger partial charge in [0.15, 0.2) is 0 Å². The molecule has 35 heavy (non-hydrogen) atoms. The highest BCUT2D eigenvalue weighted by Crippen LogP contribution is 2.60. The summed E-state index contributed by atoms with van der Waals surface area (Å²) in [5.74, 6) is 0. The van der Waals surface area contributed by atoms with Crippen LogP contribution in [-0.4, -0.2) is 35.0 Å². The predicted molar refractivity (Wildman–Crippen MR) is 161 cm³/mol. The van der Waals surface area contributed by atoms with Gasteiger partial charge in [-0.05, 0) is 82.2 Å². The van der Waals surface area contributed by atoms with Crippen LogP contribution < -0.4 is 15.9 Å². The van der Waals surface area contributed by atoms with E-state index in [1.807, 2.05) is 18.2 Å². The molecule has 0 atom stereocenters. The first-order valence-corrected chi connectivity index (χ1v) is 25.1. The topological polar surface area (TPSA) is 36.9 Å². The van der Waals surface area contributed by atoms with Crippen molar-refractivity contribution in [3.8, 4) is 0 Å². The van der Waals surface area contributed by atoms with Crippen LogP contribution in [0.4, 0.5) is 0 Å². The maximum absolute atomic E-state index is 7.23. The minimum atomic E-state index is -2.08. The molecule has 0 spiro atoms. The molecule has 0 saturated carbocycles. The molecule has 0 aliphatic carbocycles. The summed E-state index contributed by atoms with van der Waals surface area (Å²) in [6, 6.07) is 31.2. The highest BCUT2D eigenvalue weighted by atomic mass is 35.7. The Bertz CT molecular complexity index is 954. The van der Waals surface area contributed by atoms with Crippen molar-refractivity contribution in [3.05, 3.63) is 91.0 Å². The van der Waals surface area contributed by atoms with E-state index in [0.717, 1.165) is 0 Å². The molecule has 3 aromatic rings. The predicted octanol–water partition coefficient (Wildman–Crippen LogP) is 6.16. The minimum absolute atomic E-state index is 1.19. The standard InChI is InChI=1S/C18H15ClP.C7H22O4Si4/c19-20(16-10-4-1-5-11-16,17-12-6-2-7-13-17)18-14-8-3-9-15-18;1-12-8-13(2,3)10-15(6,7)11-14(4,5)9-12/h1-15H;12H,1-7H3/q+1;. The molecule has 0 unspecified atom stereocenters. The Hall–Kier alpha value is -0.912. The van der Waals surface area contributed by atoms with Gasteiger partial charge in [0.2, 0.25) is 6.62 Å². The normalized spacial score (nSPS) is 19.5. The third-order valence-electron chi connectivity index (χ3n) is 5.22. The lowest BCUT2D eigenvalue weighted by Crippen LogP contribution is -2.60. The maximum Gasteiger partial charge on any atom is 0.314 e. The summed E-state index contributed by atoms with van der Waals surface area (Å²) in [6.45, 7) is 12.4. The van der Waals surface area contributed by atoms with Crippen LogP contribution in [0.3, 0.4) is 0 Å². The molecule has 1 saturated heterocycles. The van der Waals surface area contributed by atoms with E-state index in [-0.39, 0.29) is 0 Å². The quantitative estimate of drug-likeness (QED) is 0.275. The molecule has 0 aromatic heterocycles. The molecule has 0 radical (unpaired) electrons. The van der Waals surface area contributed by atoms with Gasteiger partial charge in [-0.3, -0.25) is 0 Å². The van der Waals surface area contributed by atoms with Gasteiger partial charge in [0.05, 0.1) is 0 Å². The second-order valence-corrected chi connectivity index (χ2v) is 27.1. The first-order chi connectivity index (χ1) is 16.3. The van der Waals surface area contributed by atoms with Crippen molar-refractivity contribution in [1.82, 2.24) is 0 Å². The zero-order chi connectivity index (χ0) is 25.7. The fourth-order valence-corrected chi connectivity index (χ4v) is 26.4. The van der Waals surface area contributed by atoms with Crippen LogP contribution in [0.25, 0.3) is 0 Å². The SMILES string of the molecule is C[SiH]1O[Si](C)(C)O[Si](C)(C)O[Si](C)(C)O1.Cl[P+](c1ccccc1)(c1ccccc1)c1ccccc1. The number of rotatable bonds is 3. The zero-order valence-electron chi connectivity index (χ0n) is 21.7. The monoisotopic (exact) mass is 579 g/mol. The lowest BCUT2D eigenvalue weighted by atomic mass is 10.4. The van der Waals surface area contributed by atoms with Gasteiger partial charge in [0.1, 0.15) is 27.2 Å². The largest absolute Gasteiger partial charge is 0.418 e. The van der Waals surface area contributed by atoms with Crippen molar-refractivity contribution < 1.29 is 16.5 Å². The fraction of sp³-hybridized carbons (Fsp3) is 0.280. The van der Waals surface area contributed by atoms with Crippen molar-refractivity contribution in [2.45, 2.75) is 45.8 Å². The number of halogens is 1. The van der Waals surface area contributed by atoms with Gasteiger partial charge in [-0.15, -0.1) is 0 Å². The van der Waals surface area contributed by atoms with Crippen LogP contribution in [0.2, 0.25) is 45.8 Å². The average molecular weight is 580 g/mol. The van der Waals surface area contributed by atoms with E-state index in [4.69, 9.17) is 27.7 Å². The number of hydrogen-bond donors (Lipinski definition) is 0. The van der Waals surface area contributed by atoms with E-state index >= 15 is 0 Å². The van der Waals surface area contributed by atoms with Crippen LogP contribution in [0.5, 0.6) is 0 Å². The first-order valence-electron chi connectivity index (χ1n) is 11.8. The van der Waals surface area contributed by atoms with Gasteiger partial charge >= 0.3 is 35.0 Å². The van der Waals surface area contributed by atoms with Gasteiger partial charge in [-0.25, -0.2) is 0 Å². The molecule has 3 aromatic carbocycles. The molecule has 1 aliphatic heterocycles. The third kappa shape index (κ3) is 8.03. The Balaban J connectivity index is 0.000000205. The third-order valence-corrected chi connectivity index (χ3v) is 25.1. The smallest absolute Gasteiger partial charge is 0.314 e. The highest BCUT2D eigenvalue weighted by molar-refractivity contribution is 8.14. The summed E-state index contributed by atoms with van der Waals surface area (Å²) in [7, 11) is -7.74. The van der Waals surface area contributed by atoms with Crippen LogP contribution in [0.15, 0.2) is 91.0 Å². The van der Waals surface area contributed by atoms with Gasteiger partial charge in [-0.1, -0.05) is 54.6 Å². The zero-order valence-corrected chi connectivity index (χ0v) is 27.5. The molecule has 1 aliphatic rings. The fourth-order valence-electron chi connectivity index (χ4n) is 4.42. The van der Waals surface area contributed by atoms with E-state index in [9.17, 15) is 0 Å². The molecule has 1 fully saturated rings. The number of benzene rings is 3. The molecule has 10 heteroatoms. The van der Waals surface area contributed by atoms with E-state index in [1.165, 1.54) is 15.9 Å². The Labute approximate surface area is 221 Å². The average Bonchev–Trinajstić information content (AvgIpc) is 2.77. The Morgan fingerprint density at radius 3 is 1.11 bits per heavy atom. The van der Waals surface area contributed by atoms with Crippen molar-refractivity contribution in [2.75, 3.05) is 0 Å². The van der Waals surface area contributed by atoms with E-state index in [1.54, 1.807) is 0 Å². The lowest BCUT2D eigenvalue weighted by molar-refractivity contribution is 0.251. The second-order valence-electron chi connectivity index (χ2n) is 9.80. The molecule has 0 amide bonds. The molecule has 0 N–H and O–H groups in total. The van der Waals surface area contributed by atoms with Crippen LogP contribution in [-0.2, 0) is 16.5 Å². The van der Waals surface area contributed by atoms with Crippen molar-refractivity contribution in [3.63, 3.8) is 0 Å². The van der Waals surface area contributed by atoms with Crippen LogP contribution in [0.1, 0.15) is 0 Å². The molecular formula is C25H37ClO4PSi4+. The second kappa shape index (κ2) is 11.6. The lowest BCUT2D eigenvalue weighted by Gasteiger charge is -2.43. The van der Waals surface area contributed by atoms with Gasteiger partial charge in [0, 0.05) is 0 Å². The van der Waals surface area contributed by atoms with Gasteiger partial charge in [-0.2, -0.15) is 0 Å². The van der Waals surface area contributed by atoms with Gasteiger partial charge < -0.3 is 16.5 Å². The van der Waals surface area contributed by atoms with E-state index in [2.05, 4.69) is 119 Å². The summed E-state index contributed by atoms with van der Waals surface area (Å²) in [5, 5.41) is 3.58. The summed E-state index contributed by atoms with van der Waals surface area (Å²) >= 11 is 7.23. The van der Waals surface area contributed by atoms with E-state index in [0.29, 0.717) is 0 Å². The summed E-state index contributed by atoms with van der Waals surface area (Å²) in [4.78, 5) is 0. The summed E-state index contributed by atoms with van der Waals surface area (Å²) in [6.07, 6.45) is 0. The molecule has 4 nitrogen and oxygen atoms in total. The van der Waals surface area contributed by atoms with E-state index < -0.39 is 41.6 Å². The molecule has 1 heterocycles. The Morgan fingerprint density at radius 2 is 0.829 bits per heavy atom. The maximum atomic E-state index is 7.23. The molecule has 0 bridgehead atoms. The molecular weight excluding hydrogens is 543 g/mol. The van der Waals surface area contributed by atoms with Gasteiger partial charge in [0.25, 0.3) is 0 Å².